The second kappa shape index (κ2) is 5.25. The molecule has 0 saturated carbocycles. The highest BCUT2D eigenvalue weighted by Gasteiger charge is 2.17. The highest BCUT2D eigenvalue weighted by atomic mass is 32.1. The normalized spacial score (nSPS) is 12.4. The van der Waals surface area contributed by atoms with E-state index in [-0.39, 0.29) is 0 Å². The molecule has 5 heteroatoms. The van der Waals surface area contributed by atoms with E-state index < -0.39 is 0 Å². The molecule has 0 fully saturated rings. The van der Waals surface area contributed by atoms with Crippen LogP contribution in [0.1, 0.15) is 24.5 Å². The first kappa shape index (κ1) is 13.1. The number of aromatic nitrogens is 1. The van der Waals surface area contributed by atoms with Crippen molar-refractivity contribution in [2.75, 3.05) is 13.2 Å². The average molecular weight is 288 g/mol. The van der Waals surface area contributed by atoms with Crippen molar-refractivity contribution in [2.45, 2.75) is 20.8 Å². The first-order valence-corrected chi connectivity index (χ1v) is 7.56. The van der Waals surface area contributed by atoms with Crippen molar-refractivity contribution in [3.63, 3.8) is 0 Å². The average Bonchev–Trinajstić information content (AvgIpc) is 2.82. The predicted octanol–water partition coefficient (Wildman–Crippen LogP) is 2.04. The van der Waals surface area contributed by atoms with E-state index >= 15 is 0 Å². The van der Waals surface area contributed by atoms with Gasteiger partial charge in [0.25, 0.3) is 0 Å². The quantitative estimate of drug-likeness (QED) is 0.845. The number of nitrogens with zero attached hydrogens (tertiary/aromatic N) is 2. The summed E-state index contributed by atoms with van der Waals surface area (Å²) in [6.45, 7) is 7.14. The third-order valence-corrected chi connectivity index (χ3v) is 3.94. The third-order valence-electron chi connectivity index (χ3n) is 2.97. The molecule has 2 heterocycles. The van der Waals surface area contributed by atoms with Crippen LogP contribution in [0.2, 0.25) is 0 Å². The SMILES string of the molecule is CCOc1cc2c(cc1OCC)=C(c1nc(C)cs1)N=2. The number of ether oxygens (including phenoxy) is 2. The molecule has 0 bridgehead atoms. The Hall–Kier alpha value is -1.88. The number of aryl methyl sites for hydroxylation is 1. The number of hydrogen-bond acceptors (Lipinski definition) is 5. The van der Waals surface area contributed by atoms with E-state index in [0.29, 0.717) is 13.2 Å². The summed E-state index contributed by atoms with van der Waals surface area (Å²) in [7, 11) is 0. The number of benzene rings is 1. The zero-order valence-electron chi connectivity index (χ0n) is 11.8. The van der Waals surface area contributed by atoms with E-state index in [0.717, 1.165) is 38.5 Å². The summed E-state index contributed by atoms with van der Waals surface area (Å²) in [6, 6.07) is 3.94. The van der Waals surface area contributed by atoms with Gasteiger partial charge in [-0.25, -0.2) is 9.98 Å². The van der Waals surface area contributed by atoms with Crippen LogP contribution in [0.15, 0.2) is 22.5 Å². The van der Waals surface area contributed by atoms with E-state index in [1.807, 2.05) is 38.3 Å². The van der Waals surface area contributed by atoms with Crippen molar-refractivity contribution in [2.24, 2.45) is 4.99 Å². The van der Waals surface area contributed by atoms with Crippen LogP contribution < -0.4 is 20.0 Å². The molecule has 20 heavy (non-hydrogen) atoms. The molecule has 0 N–H and O–H groups in total. The van der Waals surface area contributed by atoms with Crippen LogP contribution in [-0.4, -0.2) is 18.2 Å². The number of hydrogen-bond donors (Lipinski definition) is 0. The molecule has 0 aliphatic carbocycles. The minimum Gasteiger partial charge on any atom is -0.490 e. The Morgan fingerprint density at radius 2 is 1.80 bits per heavy atom. The molecule has 0 spiro atoms. The summed E-state index contributed by atoms with van der Waals surface area (Å²) in [5.41, 5.74) is 1.97. The Bertz CT molecular complexity index is 765. The summed E-state index contributed by atoms with van der Waals surface area (Å²) in [5.74, 6) is 1.53. The lowest BCUT2D eigenvalue weighted by atomic mass is 10.1. The van der Waals surface area contributed by atoms with Crippen molar-refractivity contribution in [3.05, 3.63) is 38.8 Å². The topological polar surface area (TPSA) is 43.7 Å². The molecule has 1 aliphatic rings. The Balaban J connectivity index is 2.09. The predicted molar refractivity (Wildman–Crippen MR) is 78.9 cm³/mol. The lowest BCUT2D eigenvalue weighted by molar-refractivity contribution is 0.287. The second-order valence-electron chi connectivity index (χ2n) is 4.44. The van der Waals surface area contributed by atoms with E-state index in [2.05, 4.69) is 9.98 Å². The van der Waals surface area contributed by atoms with Gasteiger partial charge < -0.3 is 9.47 Å². The summed E-state index contributed by atoms with van der Waals surface area (Å²) in [6.07, 6.45) is 0. The van der Waals surface area contributed by atoms with E-state index in [1.54, 1.807) is 11.3 Å². The molecule has 0 unspecified atom stereocenters. The summed E-state index contributed by atoms with van der Waals surface area (Å²) in [5, 5.41) is 5.03. The Labute approximate surface area is 121 Å². The van der Waals surface area contributed by atoms with Crippen LogP contribution in [0.3, 0.4) is 0 Å². The molecule has 1 aromatic heterocycles. The first-order chi connectivity index (χ1) is 9.72. The van der Waals surface area contributed by atoms with E-state index in [1.165, 1.54) is 0 Å². The van der Waals surface area contributed by atoms with Crippen LogP contribution in [0.5, 0.6) is 11.5 Å². The van der Waals surface area contributed by atoms with Gasteiger partial charge in [0.1, 0.15) is 10.7 Å². The Kier molecular flexibility index (Phi) is 3.44. The van der Waals surface area contributed by atoms with Gasteiger partial charge in [0.05, 0.1) is 18.6 Å². The molecule has 0 saturated heterocycles. The lowest BCUT2D eigenvalue weighted by Crippen LogP contribution is -2.35. The minimum atomic E-state index is 0.612. The van der Waals surface area contributed by atoms with Crippen LogP contribution in [0.4, 0.5) is 0 Å². The molecule has 2 aromatic rings. The number of fused-ring (bicyclic) bond motifs is 1. The van der Waals surface area contributed by atoms with Crippen molar-refractivity contribution < 1.29 is 9.47 Å². The second-order valence-corrected chi connectivity index (χ2v) is 5.29. The van der Waals surface area contributed by atoms with Crippen molar-refractivity contribution in [1.82, 2.24) is 4.98 Å². The van der Waals surface area contributed by atoms with Gasteiger partial charge in [-0.3, -0.25) is 0 Å². The molecule has 3 rings (SSSR count). The number of rotatable bonds is 5. The molecular formula is C15H16N2O2S. The molecule has 1 aromatic carbocycles. The van der Waals surface area contributed by atoms with Crippen LogP contribution >= 0.6 is 11.3 Å². The fraction of sp³-hybridized carbons (Fsp3) is 0.333. The van der Waals surface area contributed by atoms with Gasteiger partial charge in [-0.2, -0.15) is 0 Å². The van der Waals surface area contributed by atoms with E-state index in [9.17, 15) is 0 Å². The fourth-order valence-corrected chi connectivity index (χ4v) is 2.92. The maximum atomic E-state index is 5.65. The van der Waals surface area contributed by atoms with Crippen molar-refractivity contribution >= 4 is 17.0 Å². The minimum absolute atomic E-state index is 0.612. The molecule has 0 atom stereocenters. The van der Waals surface area contributed by atoms with Crippen LogP contribution in [0, 0.1) is 6.92 Å². The zero-order valence-corrected chi connectivity index (χ0v) is 12.6. The molecule has 104 valence electrons. The Morgan fingerprint density at radius 1 is 1.10 bits per heavy atom. The van der Waals surface area contributed by atoms with Crippen molar-refractivity contribution in [3.8, 4) is 11.5 Å². The first-order valence-electron chi connectivity index (χ1n) is 6.68. The molecular weight excluding hydrogens is 272 g/mol. The van der Waals surface area contributed by atoms with E-state index in [4.69, 9.17) is 9.47 Å². The molecule has 1 aliphatic heterocycles. The summed E-state index contributed by atoms with van der Waals surface area (Å²) in [4.78, 5) is 9.02. The maximum absolute atomic E-state index is 5.65. The highest BCUT2D eigenvalue weighted by Crippen LogP contribution is 2.26. The summed E-state index contributed by atoms with van der Waals surface area (Å²) >= 11 is 1.62. The zero-order chi connectivity index (χ0) is 14.1. The van der Waals surface area contributed by atoms with Gasteiger partial charge in [0.2, 0.25) is 0 Å². The van der Waals surface area contributed by atoms with Gasteiger partial charge in [0.15, 0.2) is 11.5 Å². The monoisotopic (exact) mass is 288 g/mol. The highest BCUT2D eigenvalue weighted by molar-refractivity contribution is 7.10. The molecule has 4 nitrogen and oxygen atoms in total. The lowest BCUT2D eigenvalue weighted by Gasteiger charge is -2.14. The van der Waals surface area contributed by atoms with Gasteiger partial charge in [-0.15, -0.1) is 11.3 Å². The number of thiazole rings is 1. The maximum Gasteiger partial charge on any atom is 0.163 e. The smallest absolute Gasteiger partial charge is 0.163 e. The molecule has 0 amide bonds. The van der Waals surface area contributed by atoms with Crippen LogP contribution in [-0.2, 0) is 0 Å². The van der Waals surface area contributed by atoms with Gasteiger partial charge in [-0.05, 0) is 26.8 Å². The van der Waals surface area contributed by atoms with Gasteiger partial charge in [0, 0.05) is 22.4 Å². The van der Waals surface area contributed by atoms with Gasteiger partial charge in [-0.1, -0.05) is 0 Å². The van der Waals surface area contributed by atoms with Gasteiger partial charge >= 0.3 is 0 Å². The van der Waals surface area contributed by atoms with Crippen molar-refractivity contribution in [1.29, 1.82) is 0 Å². The largest absolute Gasteiger partial charge is 0.490 e. The van der Waals surface area contributed by atoms with Crippen LogP contribution in [0.25, 0.3) is 5.70 Å². The fourth-order valence-electron chi connectivity index (χ4n) is 2.12. The summed E-state index contributed by atoms with van der Waals surface area (Å²) < 4.78 is 11.2. The standard InChI is InChI=1S/C15H16N2O2S/c1-4-18-12-6-10-11(7-13(12)19-5-2)17-14(10)15-16-9(3)8-20-15/h6-8H,4-5H2,1-3H3. The third kappa shape index (κ3) is 2.18. The Morgan fingerprint density at radius 3 is 2.40 bits per heavy atom. The molecule has 0 radical (unpaired) electrons.